The molecule has 3 heteroatoms. The van der Waals surface area contributed by atoms with Gasteiger partial charge in [0.05, 0.1) is 6.54 Å². The molecule has 0 N–H and O–H groups in total. The zero-order valence-corrected chi connectivity index (χ0v) is 10.3. The fraction of sp³-hybridized carbons (Fsp3) is 0.429. The van der Waals surface area contributed by atoms with Crippen molar-refractivity contribution in [3.05, 3.63) is 35.4 Å². The van der Waals surface area contributed by atoms with Crippen molar-refractivity contribution in [3.8, 4) is 0 Å². The zero-order valence-electron chi connectivity index (χ0n) is 10.3. The first-order chi connectivity index (χ1) is 8.06. The van der Waals surface area contributed by atoms with E-state index in [0.717, 1.165) is 5.56 Å². The fourth-order valence-electron chi connectivity index (χ4n) is 2.21. The van der Waals surface area contributed by atoms with Crippen molar-refractivity contribution in [2.24, 2.45) is 5.92 Å². The predicted octanol–water partition coefficient (Wildman–Crippen LogP) is 2.05. The molecule has 1 fully saturated rings. The van der Waals surface area contributed by atoms with Gasteiger partial charge >= 0.3 is 0 Å². The van der Waals surface area contributed by atoms with Gasteiger partial charge in [0, 0.05) is 18.5 Å². The van der Waals surface area contributed by atoms with E-state index < -0.39 is 0 Å². The third kappa shape index (κ3) is 2.73. The summed E-state index contributed by atoms with van der Waals surface area (Å²) in [5.41, 5.74) is 1.76. The van der Waals surface area contributed by atoms with Gasteiger partial charge in [-0.1, -0.05) is 30.7 Å². The monoisotopic (exact) mass is 231 g/mol. The van der Waals surface area contributed by atoms with Crippen LogP contribution in [0.4, 0.5) is 0 Å². The van der Waals surface area contributed by atoms with Crippen LogP contribution in [0.1, 0.15) is 29.3 Å². The first-order valence-electron chi connectivity index (χ1n) is 5.94. The van der Waals surface area contributed by atoms with Crippen LogP contribution < -0.4 is 0 Å². The average molecular weight is 231 g/mol. The summed E-state index contributed by atoms with van der Waals surface area (Å²) in [6, 6.07) is 7.50. The largest absolute Gasteiger partial charge is 0.335 e. The van der Waals surface area contributed by atoms with Crippen molar-refractivity contribution in [3.63, 3.8) is 0 Å². The topological polar surface area (TPSA) is 37.4 Å². The molecule has 0 spiro atoms. The SMILES string of the molecule is Cc1cccc(C(=O)CN2CC(C)CC2=O)c1. The van der Waals surface area contributed by atoms with Crippen molar-refractivity contribution < 1.29 is 9.59 Å². The van der Waals surface area contributed by atoms with Crippen LogP contribution in [0.3, 0.4) is 0 Å². The first-order valence-corrected chi connectivity index (χ1v) is 5.94. The maximum Gasteiger partial charge on any atom is 0.223 e. The summed E-state index contributed by atoms with van der Waals surface area (Å²) in [6.07, 6.45) is 0.571. The summed E-state index contributed by atoms with van der Waals surface area (Å²) in [5, 5.41) is 0. The Morgan fingerprint density at radius 1 is 1.47 bits per heavy atom. The van der Waals surface area contributed by atoms with Gasteiger partial charge in [-0.15, -0.1) is 0 Å². The van der Waals surface area contributed by atoms with Gasteiger partial charge in [-0.05, 0) is 18.9 Å². The second-order valence-corrected chi connectivity index (χ2v) is 4.88. The second-order valence-electron chi connectivity index (χ2n) is 4.88. The van der Waals surface area contributed by atoms with Gasteiger partial charge in [-0.3, -0.25) is 9.59 Å². The van der Waals surface area contributed by atoms with Crippen molar-refractivity contribution in [2.75, 3.05) is 13.1 Å². The van der Waals surface area contributed by atoms with Gasteiger partial charge in [-0.25, -0.2) is 0 Å². The number of hydrogen-bond donors (Lipinski definition) is 0. The van der Waals surface area contributed by atoms with Gasteiger partial charge in [0.1, 0.15) is 0 Å². The van der Waals surface area contributed by atoms with E-state index in [0.29, 0.717) is 24.4 Å². The molecule has 0 aromatic heterocycles. The molecule has 1 heterocycles. The molecule has 1 amide bonds. The molecule has 1 saturated heterocycles. The smallest absolute Gasteiger partial charge is 0.223 e. The lowest BCUT2D eigenvalue weighted by molar-refractivity contribution is -0.127. The molecule has 1 aromatic rings. The van der Waals surface area contributed by atoms with Crippen LogP contribution in [-0.2, 0) is 4.79 Å². The predicted molar refractivity (Wildman–Crippen MR) is 65.9 cm³/mol. The van der Waals surface area contributed by atoms with E-state index in [-0.39, 0.29) is 18.2 Å². The average Bonchev–Trinajstić information content (AvgIpc) is 2.57. The van der Waals surface area contributed by atoms with E-state index in [4.69, 9.17) is 0 Å². The number of likely N-dealkylation sites (tertiary alicyclic amines) is 1. The highest BCUT2D eigenvalue weighted by Gasteiger charge is 2.27. The molecular weight excluding hydrogens is 214 g/mol. The number of benzene rings is 1. The lowest BCUT2D eigenvalue weighted by Gasteiger charge is -2.15. The maximum atomic E-state index is 12.0. The molecule has 0 radical (unpaired) electrons. The minimum absolute atomic E-state index is 0.0242. The molecule has 1 atom stereocenters. The van der Waals surface area contributed by atoms with Gasteiger partial charge in [-0.2, -0.15) is 0 Å². The molecule has 0 bridgehead atoms. The summed E-state index contributed by atoms with van der Waals surface area (Å²) >= 11 is 0. The summed E-state index contributed by atoms with van der Waals surface area (Å²) in [6.45, 7) is 4.91. The van der Waals surface area contributed by atoms with Gasteiger partial charge < -0.3 is 4.90 Å². The number of carbonyl (C=O) groups excluding carboxylic acids is 2. The number of aryl methyl sites for hydroxylation is 1. The minimum atomic E-state index is 0.0242. The summed E-state index contributed by atoms with van der Waals surface area (Å²) in [5.74, 6) is 0.488. The van der Waals surface area contributed by atoms with Gasteiger partial charge in [0.15, 0.2) is 5.78 Å². The molecule has 17 heavy (non-hydrogen) atoms. The number of carbonyl (C=O) groups is 2. The van der Waals surface area contributed by atoms with E-state index in [9.17, 15) is 9.59 Å². The van der Waals surface area contributed by atoms with E-state index >= 15 is 0 Å². The minimum Gasteiger partial charge on any atom is -0.335 e. The number of hydrogen-bond acceptors (Lipinski definition) is 2. The fourth-order valence-corrected chi connectivity index (χ4v) is 2.21. The number of nitrogens with zero attached hydrogens (tertiary/aromatic N) is 1. The molecule has 1 aliphatic rings. The summed E-state index contributed by atoms with van der Waals surface area (Å²) < 4.78 is 0. The zero-order chi connectivity index (χ0) is 12.4. The highest BCUT2D eigenvalue weighted by atomic mass is 16.2. The molecule has 1 aliphatic heterocycles. The first kappa shape index (κ1) is 11.8. The van der Waals surface area contributed by atoms with E-state index in [1.807, 2.05) is 32.0 Å². The van der Waals surface area contributed by atoms with Crippen LogP contribution in [0.15, 0.2) is 24.3 Å². The maximum absolute atomic E-state index is 12.0. The highest BCUT2D eigenvalue weighted by molar-refractivity contribution is 5.99. The quantitative estimate of drug-likeness (QED) is 0.747. The Kier molecular flexibility index (Phi) is 3.27. The summed E-state index contributed by atoms with van der Waals surface area (Å²) in [7, 11) is 0. The number of rotatable bonds is 3. The van der Waals surface area contributed by atoms with Gasteiger partial charge in [0.2, 0.25) is 5.91 Å². The number of amides is 1. The Balaban J connectivity index is 2.05. The molecule has 0 saturated carbocycles. The van der Waals surface area contributed by atoms with Crippen LogP contribution in [0.5, 0.6) is 0 Å². The lowest BCUT2D eigenvalue weighted by Crippen LogP contribution is -2.31. The van der Waals surface area contributed by atoms with E-state index in [2.05, 4.69) is 0 Å². The van der Waals surface area contributed by atoms with Crippen molar-refractivity contribution >= 4 is 11.7 Å². The number of Topliss-reactive ketones (excluding diaryl/α,β-unsaturated/α-hetero) is 1. The Hall–Kier alpha value is -1.64. The highest BCUT2D eigenvalue weighted by Crippen LogP contribution is 2.17. The van der Waals surface area contributed by atoms with Crippen LogP contribution in [0.2, 0.25) is 0 Å². The number of ketones is 1. The van der Waals surface area contributed by atoms with Crippen LogP contribution in [0, 0.1) is 12.8 Å². The van der Waals surface area contributed by atoms with Crippen molar-refractivity contribution in [1.29, 1.82) is 0 Å². The Morgan fingerprint density at radius 2 is 2.24 bits per heavy atom. The third-order valence-corrected chi connectivity index (χ3v) is 3.08. The Bertz CT molecular complexity index is 453. The van der Waals surface area contributed by atoms with E-state index in [1.165, 1.54) is 0 Å². The standard InChI is InChI=1S/C14H17NO2/c1-10-4-3-5-12(6-10)13(16)9-15-8-11(2)7-14(15)17/h3-6,11H,7-9H2,1-2H3. The van der Waals surface area contributed by atoms with Crippen molar-refractivity contribution in [2.45, 2.75) is 20.3 Å². The van der Waals surface area contributed by atoms with E-state index in [1.54, 1.807) is 11.0 Å². The second kappa shape index (κ2) is 4.70. The Labute approximate surface area is 101 Å². The lowest BCUT2D eigenvalue weighted by atomic mass is 10.1. The molecule has 3 nitrogen and oxygen atoms in total. The third-order valence-electron chi connectivity index (χ3n) is 3.08. The molecule has 2 rings (SSSR count). The van der Waals surface area contributed by atoms with Crippen LogP contribution in [0.25, 0.3) is 0 Å². The normalized spacial score (nSPS) is 19.8. The molecule has 1 aromatic carbocycles. The molecule has 0 aliphatic carbocycles. The molecule has 90 valence electrons. The van der Waals surface area contributed by atoms with Crippen molar-refractivity contribution in [1.82, 2.24) is 4.90 Å². The van der Waals surface area contributed by atoms with Gasteiger partial charge in [0.25, 0.3) is 0 Å². The van der Waals surface area contributed by atoms with Crippen LogP contribution in [-0.4, -0.2) is 29.7 Å². The van der Waals surface area contributed by atoms with Crippen LogP contribution >= 0.6 is 0 Å². The Morgan fingerprint density at radius 3 is 2.82 bits per heavy atom. The molecular formula is C14H17NO2. The molecule has 1 unspecified atom stereocenters. The summed E-state index contributed by atoms with van der Waals surface area (Å²) in [4.78, 5) is 25.3.